The van der Waals surface area contributed by atoms with Crippen LogP contribution < -0.4 is 5.32 Å². The molecule has 1 amide bonds. The molecule has 0 spiro atoms. The molecule has 2 rings (SSSR count). The first kappa shape index (κ1) is 12.3. The quantitative estimate of drug-likeness (QED) is 0.856. The predicted octanol–water partition coefficient (Wildman–Crippen LogP) is 3.69. The van der Waals surface area contributed by atoms with Gasteiger partial charge in [-0.3, -0.25) is 4.79 Å². The van der Waals surface area contributed by atoms with Gasteiger partial charge in [-0.05, 0) is 43.2 Å². The van der Waals surface area contributed by atoms with Crippen LogP contribution in [0.2, 0.25) is 0 Å². The average molecular weight is 243 g/mol. The van der Waals surface area contributed by atoms with Crippen LogP contribution in [0.15, 0.2) is 42.5 Å². The van der Waals surface area contributed by atoms with E-state index in [1.54, 1.807) is 18.2 Å². The number of hydrogen-bond donors (Lipinski definition) is 1. The molecule has 0 fully saturated rings. The van der Waals surface area contributed by atoms with Crippen LogP contribution in [-0.4, -0.2) is 5.91 Å². The summed E-state index contributed by atoms with van der Waals surface area (Å²) < 4.78 is 13.5. The monoisotopic (exact) mass is 243 g/mol. The highest BCUT2D eigenvalue weighted by molar-refractivity contribution is 6.04. The average Bonchev–Trinajstić information content (AvgIpc) is 2.35. The second kappa shape index (κ2) is 5.00. The van der Waals surface area contributed by atoms with E-state index in [4.69, 9.17) is 0 Å². The molecule has 0 aliphatic rings. The Kier molecular flexibility index (Phi) is 3.42. The Morgan fingerprint density at radius 1 is 1.06 bits per heavy atom. The molecule has 0 saturated heterocycles. The lowest BCUT2D eigenvalue weighted by molar-refractivity contribution is 0.102. The number of amides is 1. The zero-order valence-electron chi connectivity index (χ0n) is 10.3. The van der Waals surface area contributed by atoms with Crippen molar-refractivity contribution in [2.45, 2.75) is 13.8 Å². The van der Waals surface area contributed by atoms with Crippen molar-refractivity contribution in [3.05, 3.63) is 65.0 Å². The molecule has 0 aromatic heterocycles. The largest absolute Gasteiger partial charge is 0.322 e. The third-order valence-corrected chi connectivity index (χ3v) is 2.97. The van der Waals surface area contributed by atoms with Crippen molar-refractivity contribution in [2.24, 2.45) is 0 Å². The number of carbonyl (C=O) groups excluding carboxylic acids is 1. The van der Waals surface area contributed by atoms with Gasteiger partial charge in [0.1, 0.15) is 5.82 Å². The maximum atomic E-state index is 13.5. The number of halogens is 1. The molecule has 0 atom stereocenters. The number of hydrogen-bond acceptors (Lipinski definition) is 1. The Bertz CT molecular complexity index is 593. The highest BCUT2D eigenvalue weighted by Gasteiger charge is 2.12. The third kappa shape index (κ3) is 2.40. The SMILES string of the molecule is Cc1cccc(NC(=O)c2ccccc2F)c1C. The molecule has 0 unspecified atom stereocenters. The van der Waals surface area contributed by atoms with Gasteiger partial charge in [0.25, 0.3) is 5.91 Å². The van der Waals surface area contributed by atoms with Crippen LogP contribution in [0.25, 0.3) is 0 Å². The van der Waals surface area contributed by atoms with Crippen molar-refractivity contribution in [1.29, 1.82) is 0 Å². The van der Waals surface area contributed by atoms with Crippen molar-refractivity contribution < 1.29 is 9.18 Å². The summed E-state index contributed by atoms with van der Waals surface area (Å²) in [5.74, 6) is -0.942. The number of nitrogens with one attached hydrogen (secondary N) is 1. The zero-order chi connectivity index (χ0) is 13.1. The van der Waals surface area contributed by atoms with E-state index in [1.807, 2.05) is 26.0 Å². The van der Waals surface area contributed by atoms with Crippen LogP contribution in [0.3, 0.4) is 0 Å². The molecule has 3 heteroatoms. The molecular formula is C15H14FNO. The van der Waals surface area contributed by atoms with E-state index >= 15 is 0 Å². The van der Waals surface area contributed by atoms with Gasteiger partial charge in [-0.25, -0.2) is 4.39 Å². The second-order valence-electron chi connectivity index (χ2n) is 4.18. The summed E-state index contributed by atoms with van der Waals surface area (Å²) in [4.78, 5) is 11.9. The Balaban J connectivity index is 2.27. The maximum absolute atomic E-state index is 13.5. The van der Waals surface area contributed by atoms with Gasteiger partial charge in [-0.15, -0.1) is 0 Å². The summed E-state index contributed by atoms with van der Waals surface area (Å²) >= 11 is 0. The number of aryl methyl sites for hydroxylation is 1. The Morgan fingerprint density at radius 2 is 1.78 bits per heavy atom. The lowest BCUT2D eigenvalue weighted by Crippen LogP contribution is -2.14. The topological polar surface area (TPSA) is 29.1 Å². The number of carbonyl (C=O) groups is 1. The van der Waals surface area contributed by atoms with Crippen LogP contribution in [0, 0.1) is 19.7 Å². The molecule has 92 valence electrons. The van der Waals surface area contributed by atoms with Gasteiger partial charge in [0.05, 0.1) is 5.56 Å². The molecule has 0 radical (unpaired) electrons. The van der Waals surface area contributed by atoms with E-state index in [1.165, 1.54) is 12.1 Å². The molecular weight excluding hydrogens is 229 g/mol. The third-order valence-electron chi connectivity index (χ3n) is 2.97. The van der Waals surface area contributed by atoms with E-state index in [0.29, 0.717) is 5.69 Å². The van der Waals surface area contributed by atoms with E-state index in [-0.39, 0.29) is 5.56 Å². The first-order chi connectivity index (χ1) is 8.59. The fourth-order valence-electron chi connectivity index (χ4n) is 1.72. The maximum Gasteiger partial charge on any atom is 0.258 e. The first-order valence-electron chi connectivity index (χ1n) is 5.71. The smallest absolute Gasteiger partial charge is 0.258 e. The minimum absolute atomic E-state index is 0.0541. The lowest BCUT2D eigenvalue weighted by Gasteiger charge is -2.10. The number of benzene rings is 2. The van der Waals surface area contributed by atoms with Crippen molar-refractivity contribution in [2.75, 3.05) is 5.32 Å². The lowest BCUT2D eigenvalue weighted by atomic mass is 10.1. The summed E-state index contributed by atoms with van der Waals surface area (Å²) in [6, 6.07) is 11.6. The van der Waals surface area contributed by atoms with Crippen LogP contribution in [0.4, 0.5) is 10.1 Å². The van der Waals surface area contributed by atoms with Gasteiger partial charge in [-0.1, -0.05) is 24.3 Å². The molecule has 0 bridgehead atoms. The molecule has 2 aromatic rings. The minimum Gasteiger partial charge on any atom is -0.322 e. The molecule has 18 heavy (non-hydrogen) atoms. The van der Waals surface area contributed by atoms with Gasteiger partial charge in [0.2, 0.25) is 0 Å². The van der Waals surface area contributed by atoms with E-state index in [2.05, 4.69) is 5.32 Å². The predicted molar refractivity (Wildman–Crippen MR) is 70.3 cm³/mol. The normalized spacial score (nSPS) is 10.2. The van der Waals surface area contributed by atoms with Gasteiger partial charge >= 0.3 is 0 Å². The van der Waals surface area contributed by atoms with Gasteiger partial charge in [0.15, 0.2) is 0 Å². The summed E-state index contributed by atoms with van der Waals surface area (Å²) in [5.41, 5.74) is 2.84. The van der Waals surface area contributed by atoms with Gasteiger partial charge in [-0.2, -0.15) is 0 Å². The van der Waals surface area contributed by atoms with E-state index in [9.17, 15) is 9.18 Å². The molecule has 0 aliphatic heterocycles. The number of rotatable bonds is 2. The molecule has 0 saturated carbocycles. The summed E-state index contributed by atoms with van der Waals surface area (Å²) in [7, 11) is 0. The standard InChI is InChI=1S/C15H14FNO/c1-10-6-5-9-14(11(10)2)17-15(18)12-7-3-4-8-13(12)16/h3-9H,1-2H3,(H,17,18). The van der Waals surface area contributed by atoms with Crippen molar-refractivity contribution in [1.82, 2.24) is 0 Å². The Hall–Kier alpha value is -2.16. The highest BCUT2D eigenvalue weighted by atomic mass is 19.1. The minimum atomic E-state index is -0.514. The molecule has 2 nitrogen and oxygen atoms in total. The van der Waals surface area contributed by atoms with Crippen LogP contribution >= 0.6 is 0 Å². The summed E-state index contributed by atoms with van der Waals surface area (Å²) in [5, 5.41) is 2.73. The highest BCUT2D eigenvalue weighted by Crippen LogP contribution is 2.19. The summed E-state index contributed by atoms with van der Waals surface area (Å²) in [6.07, 6.45) is 0. The fourth-order valence-corrected chi connectivity index (χ4v) is 1.72. The van der Waals surface area contributed by atoms with E-state index < -0.39 is 11.7 Å². The van der Waals surface area contributed by atoms with Crippen LogP contribution in [-0.2, 0) is 0 Å². The van der Waals surface area contributed by atoms with Crippen molar-refractivity contribution >= 4 is 11.6 Å². The second-order valence-corrected chi connectivity index (χ2v) is 4.18. The van der Waals surface area contributed by atoms with Crippen LogP contribution in [0.1, 0.15) is 21.5 Å². The molecule has 2 aromatic carbocycles. The first-order valence-corrected chi connectivity index (χ1v) is 5.71. The van der Waals surface area contributed by atoms with Crippen molar-refractivity contribution in [3.8, 4) is 0 Å². The fraction of sp³-hybridized carbons (Fsp3) is 0.133. The van der Waals surface area contributed by atoms with Crippen molar-refractivity contribution in [3.63, 3.8) is 0 Å². The van der Waals surface area contributed by atoms with Crippen LogP contribution in [0.5, 0.6) is 0 Å². The van der Waals surface area contributed by atoms with Gasteiger partial charge < -0.3 is 5.32 Å². The molecule has 1 N–H and O–H groups in total. The Labute approximate surface area is 105 Å². The number of anilines is 1. The Morgan fingerprint density at radius 3 is 2.50 bits per heavy atom. The molecule has 0 heterocycles. The summed E-state index contributed by atoms with van der Waals surface area (Å²) in [6.45, 7) is 3.89. The van der Waals surface area contributed by atoms with E-state index in [0.717, 1.165) is 11.1 Å². The zero-order valence-corrected chi connectivity index (χ0v) is 10.3. The van der Waals surface area contributed by atoms with Gasteiger partial charge in [0, 0.05) is 5.69 Å². The molecule has 0 aliphatic carbocycles.